The highest BCUT2D eigenvalue weighted by atomic mass is 15.1. The van der Waals surface area contributed by atoms with Gasteiger partial charge in [0.2, 0.25) is 0 Å². The van der Waals surface area contributed by atoms with Crippen molar-refractivity contribution in [2.24, 2.45) is 0 Å². The zero-order valence-corrected chi connectivity index (χ0v) is 30.9. The second kappa shape index (κ2) is 13.4. The van der Waals surface area contributed by atoms with Gasteiger partial charge in [-0.1, -0.05) is 170 Å². The number of benzene rings is 9. The van der Waals surface area contributed by atoms with Crippen LogP contribution in [-0.4, -0.2) is 9.55 Å². The Morgan fingerprint density at radius 1 is 0.473 bits per heavy atom. The van der Waals surface area contributed by atoms with Gasteiger partial charge in [-0.2, -0.15) is 0 Å². The first-order chi connectivity index (χ1) is 27.2. The van der Waals surface area contributed by atoms with Gasteiger partial charge in [-0.25, -0.2) is 4.98 Å². The molecule has 260 valence electrons. The Hall–Kier alpha value is -7.03. The van der Waals surface area contributed by atoms with Crippen molar-refractivity contribution in [2.45, 2.75) is 13.8 Å². The van der Waals surface area contributed by atoms with Crippen LogP contribution in [0.1, 0.15) is 13.8 Å². The summed E-state index contributed by atoms with van der Waals surface area (Å²) in [6.07, 6.45) is 6.28. The summed E-state index contributed by atoms with van der Waals surface area (Å²) >= 11 is 0. The summed E-state index contributed by atoms with van der Waals surface area (Å²) in [4.78, 5) is 5.11. The van der Waals surface area contributed by atoms with Crippen LogP contribution in [0, 0.1) is 0 Å². The third-order valence-corrected chi connectivity index (χ3v) is 11.1. The van der Waals surface area contributed by atoms with Crippen molar-refractivity contribution in [1.29, 1.82) is 0 Å². The van der Waals surface area contributed by atoms with Gasteiger partial charge in [-0.05, 0) is 115 Å². The number of hydrogen-bond acceptors (Lipinski definition) is 1. The van der Waals surface area contributed by atoms with E-state index in [0.29, 0.717) is 0 Å². The van der Waals surface area contributed by atoms with Crippen molar-refractivity contribution < 1.29 is 0 Å². The Labute approximate surface area is 321 Å². The lowest BCUT2D eigenvalue weighted by Gasteiger charge is -2.20. The molecule has 0 saturated carbocycles. The normalized spacial score (nSPS) is 12.2. The molecule has 0 radical (unpaired) electrons. The summed E-state index contributed by atoms with van der Waals surface area (Å²) in [6, 6.07) is 64.2. The van der Waals surface area contributed by atoms with Crippen LogP contribution < -0.4 is 0 Å². The Kier molecular flexibility index (Phi) is 7.96. The fourth-order valence-corrected chi connectivity index (χ4v) is 8.52. The van der Waals surface area contributed by atoms with Crippen LogP contribution in [0.15, 0.2) is 194 Å². The van der Waals surface area contributed by atoms with Gasteiger partial charge in [0.15, 0.2) is 0 Å². The summed E-state index contributed by atoms with van der Waals surface area (Å²) in [5.74, 6) is 0.939. The third-order valence-electron chi connectivity index (χ3n) is 11.1. The molecule has 0 N–H and O–H groups in total. The molecule has 0 atom stereocenters. The molecule has 0 saturated heterocycles. The number of para-hydroxylation sites is 2. The maximum Gasteiger partial charge on any atom is 0.145 e. The van der Waals surface area contributed by atoms with E-state index in [1.165, 1.54) is 76.5 Å². The van der Waals surface area contributed by atoms with E-state index in [1.807, 2.05) is 6.92 Å². The highest BCUT2D eigenvalue weighted by Gasteiger charge is 2.20. The van der Waals surface area contributed by atoms with Crippen molar-refractivity contribution >= 4 is 59.8 Å². The van der Waals surface area contributed by atoms with E-state index in [-0.39, 0.29) is 0 Å². The number of rotatable bonds is 6. The van der Waals surface area contributed by atoms with Crippen LogP contribution in [0.4, 0.5) is 0 Å². The van der Waals surface area contributed by atoms with E-state index in [0.717, 1.165) is 28.1 Å². The van der Waals surface area contributed by atoms with Crippen LogP contribution in [0.3, 0.4) is 0 Å². The Bertz CT molecular complexity index is 3150. The topological polar surface area (TPSA) is 17.8 Å². The second-order valence-electron chi connectivity index (χ2n) is 14.3. The van der Waals surface area contributed by atoms with Crippen molar-refractivity contribution in [3.8, 4) is 44.8 Å². The van der Waals surface area contributed by atoms with Gasteiger partial charge in [0.25, 0.3) is 0 Å². The molecule has 0 aliphatic carbocycles. The molecular formula is C53H38N2. The smallest absolute Gasteiger partial charge is 0.145 e. The Balaban J connectivity index is 1.22. The van der Waals surface area contributed by atoms with Crippen LogP contribution in [0.25, 0.3) is 105 Å². The zero-order valence-electron chi connectivity index (χ0n) is 30.9. The van der Waals surface area contributed by atoms with Gasteiger partial charge < -0.3 is 0 Å². The summed E-state index contributed by atoms with van der Waals surface area (Å²) in [6.45, 7) is 4.19. The van der Waals surface area contributed by atoms with Crippen molar-refractivity contribution in [3.63, 3.8) is 0 Å². The van der Waals surface area contributed by atoms with Crippen molar-refractivity contribution in [2.75, 3.05) is 0 Å². The van der Waals surface area contributed by atoms with E-state index >= 15 is 0 Å². The standard InChI is InChI=1S/C53H38N2/c1-3-4-15-35(2)55-50-27-12-11-26-49(50)54-53(55)39-30-28-36(29-31-39)40-32-33-47-48(34-40)52(44-25-14-19-38-17-6-8-21-42(38)44)46-23-10-9-22-45(46)51(47)43-24-13-18-37-16-5-7-20-41(37)43/h3-34H,1-2H3/b4-3-,35-15+. The molecule has 10 rings (SSSR count). The minimum absolute atomic E-state index is 0.939. The lowest BCUT2D eigenvalue weighted by molar-refractivity contribution is 1.12. The van der Waals surface area contributed by atoms with Gasteiger partial charge in [0.1, 0.15) is 5.82 Å². The Morgan fingerprint density at radius 3 is 1.64 bits per heavy atom. The van der Waals surface area contributed by atoms with Crippen LogP contribution >= 0.6 is 0 Å². The molecule has 2 heteroatoms. The quantitative estimate of drug-likeness (QED) is 0.125. The lowest BCUT2D eigenvalue weighted by Crippen LogP contribution is -1.97. The molecule has 1 aromatic heterocycles. The minimum Gasteiger partial charge on any atom is -0.296 e. The van der Waals surface area contributed by atoms with Crippen LogP contribution in [0.5, 0.6) is 0 Å². The minimum atomic E-state index is 0.939. The predicted octanol–water partition coefficient (Wildman–Crippen LogP) is 14.8. The van der Waals surface area contributed by atoms with E-state index in [4.69, 9.17) is 4.98 Å². The number of fused-ring (bicyclic) bond motifs is 5. The average molecular weight is 703 g/mol. The molecule has 0 spiro atoms. The molecule has 0 bridgehead atoms. The van der Waals surface area contributed by atoms with Gasteiger partial charge in [0.05, 0.1) is 11.0 Å². The molecule has 0 aliphatic heterocycles. The summed E-state index contributed by atoms with van der Waals surface area (Å²) in [5.41, 5.74) is 11.7. The SMILES string of the molecule is C/C=C\C=C(/C)n1c(-c2ccc(-c3ccc4c(-c5cccc6ccccc56)c5ccccc5c(-c5cccc6ccccc56)c4c3)cc2)nc2ccccc21. The number of imidazole rings is 1. The lowest BCUT2D eigenvalue weighted by atomic mass is 9.83. The number of aromatic nitrogens is 2. The van der Waals surface area contributed by atoms with E-state index < -0.39 is 0 Å². The summed E-state index contributed by atoms with van der Waals surface area (Å²) in [7, 11) is 0. The van der Waals surface area contributed by atoms with Crippen molar-refractivity contribution in [1.82, 2.24) is 9.55 Å². The maximum absolute atomic E-state index is 5.11. The molecule has 0 unspecified atom stereocenters. The molecule has 1 heterocycles. The van der Waals surface area contributed by atoms with Crippen LogP contribution in [0.2, 0.25) is 0 Å². The monoisotopic (exact) mass is 702 g/mol. The number of nitrogens with zero attached hydrogens (tertiary/aromatic N) is 2. The summed E-state index contributed by atoms with van der Waals surface area (Å²) in [5, 5.41) is 10.00. The van der Waals surface area contributed by atoms with Gasteiger partial charge in [-0.3, -0.25) is 4.57 Å². The average Bonchev–Trinajstić information content (AvgIpc) is 3.64. The number of allylic oxidation sites excluding steroid dienone is 4. The maximum atomic E-state index is 5.11. The first-order valence-corrected chi connectivity index (χ1v) is 19.0. The summed E-state index contributed by atoms with van der Waals surface area (Å²) < 4.78 is 2.26. The highest BCUT2D eigenvalue weighted by Crippen LogP contribution is 2.47. The second-order valence-corrected chi connectivity index (χ2v) is 14.3. The molecule has 2 nitrogen and oxygen atoms in total. The molecular weight excluding hydrogens is 665 g/mol. The van der Waals surface area contributed by atoms with Gasteiger partial charge >= 0.3 is 0 Å². The largest absolute Gasteiger partial charge is 0.296 e. The fraction of sp³-hybridized carbons (Fsp3) is 0.0377. The predicted molar refractivity (Wildman–Crippen MR) is 236 cm³/mol. The highest BCUT2D eigenvalue weighted by molar-refractivity contribution is 6.25. The molecule has 55 heavy (non-hydrogen) atoms. The van der Waals surface area contributed by atoms with Crippen molar-refractivity contribution in [3.05, 3.63) is 194 Å². The molecule has 0 aliphatic rings. The zero-order chi connectivity index (χ0) is 36.9. The molecule has 10 aromatic rings. The Morgan fingerprint density at radius 2 is 0.982 bits per heavy atom. The van der Waals surface area contributed by atoms with Gasteiger partial charge in [0, 0.05) is 11.3 Å². The van der Waals surface area contributed by atoms with E-state index in [1.54, 1.807) is 0 Å². The van der Waals surface area contributed by atoms with Gasteiger partial charge in [-0.15, -0.1) is 0 Å². The fourth-order valence-electron chi connectivity index (χ4n) is 8.52. The van der Waals surface area contributed by atoms with Crippen LogP contribution in [-0.2, 0) is 0 Å². The molecule has 0 amide bonds. The van der Waals surface area contributed by atoms with E-state index in [2.05, 4.69) is 206 Å². The molecule has 9 aromatic carbocycles. The first-order valence-electron chi connectivity index (χ1n) is 19.0. The third kappa shape index (κ3) is 5.45. The first kappa shape index (κ1) is 32.6. The number of hydrogen-bond donors (Lipinski definition) is 0. The van der Waals surface area contributed by atoms with E-state index in [9.17, 15) is 0 Å². The molecule has 0 fully saturated rings.